The molecule has 0 fully saturated rings. The van der Waals surface area contributed by atoms with Gasteiger partial charge in [0.25, 0.3) is 0 Å². The van der Waals surface area contributed by atoms with Crippen molar-refractivity contribution in [2.24, 2.45) is 0 Å². The van der Waals surface area contributed by atoms with Gasteiger partial charge in [0.05, 0.1) is 13.2 Å². The highest BCUT2D eigenvalue weighted by molar-refractivity contribution is 5.67. The molecule has 380 valence electrons. The van der Waals surface area contributed by atoms with Crippen molar-refractivity contribution in [3.05, 3.63) is 36.5 Å². The van der Waals surface area contributed by atoms with Crippen molar-refractivity contribution >= 4 is 5.97 Å². The zero-order valence-electron chi connectivity index (χ0n) is 42.3. The van der Waals surface area contributed by atoms with Crippen molar-refractivity contribution in [2.45, 2.75) is 271 Å². The Hall–Kier alpha value is -1.55. The van der Waals surface area contributed by atoms with Crippen LogP contribution >= 0.6 is 0 Å². The largest absolute Gasteiger partial charge is 0.480 e. The van der Waals surface area contributed by atoms with Gasteiger partial charge in [-0.25, -0.2) is 4.79 Å². The minimum atomic E-state index is -1.19. The summed E-state index contributed by atoms with van der Waals surface area (Å²) in [6, 6.07) is 0. The van der Waals surface area contributed by atoms with Crippen molar-refractivity contribution in [2.75, 3.05) is 39.6 Å². The number of aliphatic hydroxyl groups excluding tert-OH is 6. The molecule has 0 bridgehead atoms. The number of allylic oxidation sites excluding steroid dienone is 6. The van der Waals surface area contributed by atoms with Gasteiger partial charge in [0.2, 0.25) is 0 Å². The predicted octanol–water partition coefficient (Wildman–Crippen LogP) is 14.9. The van der Waals surface area contributed by atoms with Crippen LogP contribution in [0.2, 0.25) is 0 Å². The van der Waals surface area contributed by atoms with Crippen LogP contribution in [0.5, 0.6) is 0 Å². The van der Waals surface area contributed by atoms with Crippen LogP contribution in [0.15, 0.2) is 36.5 Å². The average Bonchev–Trinajstić information content (AvgIpc) is 3.30. The molecule has 0 aromatic rings. The lowest BCUT2D eigenvalue weighted by atomic mass is 10.1. The molecule has 0 radical (unpaired) electrons. The zero-order valence-corrected chi connectivity index (χ0v) is 42.3. The van der Waals surface area contributed by atoms with Crippen molar-refractivity contribution in [1.82, 2.24) is 0 Å². The standard InChI is InChI=1S/C18H36O.C17H34O.C16H32O.C2H4O3.C2H6O2/c1-2-3-4-5-6-7-8-9-10-11-12-13-14-15-16-17-18-19;1-2-3-4-5-6-7-8-9-10-11-12-13-14-15-16-17-18;1-2-3-4-5-6-7-8-9-10-11-12-13-14-15-16-17;3-1-2(4)5;3-1-2-4/h9-10,19H,2-8,11-18H2,1H3;8-9,18H,2-7,10-17H2,1H3;7-8,17H,2-6,9-16H2,1H3;3H,1H2,(H,4,5);3-4H,1-2H2/b10-9+;9-8+;8-7+;;. The first-order valence-corrected chi connectivity index (χ1v) is 26.7. The van der Waals surface area contributed by atoms with E-state index in [1.165, 1.54) is 231 Å². The molecule has 0 aromatic carbocycles. The summed E-state index contributed by atoms with van der Waals surface area (Å²) in [6.45, 7) is 6.86. The van der Waals surface area contributed by atoms with Crippen LogP contribution < -0.4 is 0 Å². The van der Waals surface area contributed by atoms with Gasteiger partial charge in [-0.2, -0.15) is 0 Å². The number of aliphatic carboxylic acids is 1. The molecule has 0 heterocycles. The van der Waals surface area contributed by atoms with Gasteiger partial charge in [0, 0.05) is 19.8 Å². The quantitative estimate of drug-likeness (QED) is 0.0235. The fourth-order valence-electron chi connectivity index (χ4n) is 6.55. The van der Waals surface area contributed by atoms with E-state index in [0.717, 1.165) is 19.3 Å². The third kappa shape index (κ3) is 95.7. The molecule has 0 aliphatic carbocycles. The zero-order chi connectivity index (χ0) is 47.6. The Morgan fingerprint density at radius 2 is 0.429 bits per heavy atom. The number of aliphatic hydroxyl groups is 6. The Balaban J connectivity index is -0.000000243. The van der Waals surface area contributed by atoms with Gasteiger partial charge in [-0.1, -0.05) is 211 Å². The first-order valence-electron chi connectivity index (χ1n) is 26.7. The predicted molar refractivity (Wildman–Crippen MR) is 275 cm³/mol. The average molecular weight is 901 g/mol. The molecular formula is C55H112O8. The van der Waals surface area contributed by atoms with E-state index >= 15 is 0 Å². The number of carboxylic acids is 1. The minimum Gasteiger partial charge on any atom is -0.480 e. The Bertz CT molecular complexity index is 814. The fraction of sp³-hybridized carbons (Fsp3) is 0.873. The Labute approximate surface area is 392 Å². The number of rotatable bonds is 44. The first kappa shape index (κ1) is 70.5. The summed E-state index contributed by atoms with van der Waals surface area (Å²) in [7, 11) is 0. The third-order valence-electron chi connectivity index (χ3n) is 10.5. The number of unbranched alkanes of at least 4 members (excludes halogenated alkanes) is 33. The van der Waals surface area contributed by atoms with Crippen LogP contribution in [-0.2, 0) is 4.79 Å². The van der Waals surface area contributed by atoms with Gasteiger partial charge in [-0.05, 0) is 96.3 Å². The Kier molecular flexibility index (Phi) is 86.9. The lowest BCUT2D eigenvalue weighted by Gasteiger charge is -1.99. The topological polar surface area (TPSA) is 159 Å². The highest BCUT2D eigenvalue weighted by Crippen LogP contribution is 2.12. The second kappa shape index (κ2) is 77.7. The highest BCUT2D eigenvalue weighted by Gasteiger charge is 1.93. The number of carboxylic acid groups (broad SMARTS) is 1. The van der Waals surface area contributed by atoms with Crippen LogP contribution in [0.1, 0.15) is 271 Å². The molecule has 0 saturated carbocycles. The molecule has 8 nitrogen and oxygen atoms in total. The molecule has 0 spiro atoms. The molecule has 0 amide bonds. The number of carbonyl (C=O) groups is 1. The summed E-state index contributed by atoms with van der Waals surface area (Å²) in [5.74, 6) is -1.19. The van der Waals surface area contributed by atoms with Crippen LogP contribution in [0.25, 0.3) is 0 Å². The molecule has 8 heteroatoms. The van der Waals surface area contributed by atoms with Crippen molar-refractivity contribution in [1.29, 1.82) is 0 Å². The molecule has 0 aliphatic rings. The number of hydrogen-bond acceptors (Lipinski definition) is 7. The summed E-state index contributed by atoms with van der Waals surface area (Å²) in [5.41, 5.74) is 0. The smallest absolute Gasteiger partial charge is 0.329 e. The van der Waals surface area contributed by atoms with Gasteiger partial charge in [-0.15, -0.1) is 0 Å². The van der Waals surface area contributed by atoms with Gasteiger partial charge < -0.3 is 35.7 Å². The maximum absolute atomic E-state index is 9.12. The van der Waals surface area contributed by atoms with E-state index in [1.807, 2.05) is 0 Å². The maximum Gasteiger partial charge on any atom is 0.329 e. The molecule has 0 rings (SSSR count). The van der Waals surface area contributed by atoms with E-state index in [2.05, 4.69) is 57.2 Å². The summed E-state index contributed by atoms with van der Waals surface area (Å²) in [5, 5.41) is 56.2. The molecule has 0 unspecified atom stereocenters. The summed E-state index contributed by atoms with van der Waals surface area (Å²) in [4.78, 5) is 9.12. The Morgan fingerprint density at radius 1 is 0.270 bits per heavy atom. The Morgan fingerprint density at radius 3 is 0.587 bits per heavy atom. The second-order valence-electron chi connectivity index (χ2n) is 16.9. The summed E-state index contributed by atoms with van der Waals surface area (Å²) >= 11 is 0. The van der Waals surface area contributed by atoms with E-state index in [1.54, 1.807) is 0 Å². The van der Waals surface area contributed by atoms with E-state index < -0.39 is 12.6 Å². The van der Waals surface area contributed by atoms with Crippen molar-refractivity contribution in [3.8, 4) is 0 Å². The molecule has 63 heavy (non-hydrogen) atoms. The summed E-state index contributed by atoms with van der Waals surface area (Å²) in [6.07, 6.45) is 65.2. The molecular weight excluding hydrogens is 789 g/mol. The van der Waals surface area contributed by atoms with Crippen LogP contribution in [-0.4, -0.2) is 81.4 Å². The molecule has 7 N–H and O–H groups in total. The van der Waals surface area contributed by atoms with Crippen LogP contribution in [0.4, 0.5) is 0 Å². The molecule has 0 atom stereocenters. The maximum atomic E-state index is 9.12. The van der Waals surface area contributed by atoms with Crippen molar-refractivity contribution < 1.29 is 40.5 Å². The van der Waals surface area contributed by atoms with E-state index in [4.69, 9.17) is 40.5 Å². The van der Waals surface area contributed by atoms with E-state index in [0.29, 0.717) is 19.8 Å². The van der Waals surface area contributed by atoms with Crippen molar-refractivity contribution in [3.63, 3.8) is 0 Å². The molecule has 0 saturated heterocycles. The lowest BCUT2D eigenvalue weighted by molar-refractivity contribution is -0.140. The van der Waals surface area contributed by atoms with E-state index in [9.17, 15) is 0 Å². The molecule has 0 aliphatic heterocycles. The summed E-state index contributed by atoms with van der Waals surface area (Å²) < 4.78 is 0. The SMILES string of the molecule is CCCCCC/C=C/CCCCCCCCO.CCCCCCC/C=C/CCCCCCCCO.CCCCCCCC/C=C/CCCCCCCCO.O=C(O)CO.OCCO. The lowest BCUT2D eigenvalue weighted by Crippen LogP contribution is -1.98. The first-order chi connectivity index (χ1) is 30.9. The van der Waals surface area contributed by atoms with Gasteiger partial charge in [0.15, 0.2) is 0 Å². The number of hydrogen-bond donors (Lipinski definition) is 7. The van der Waals surface area contributed by atoms with Gasteiger partial charge in [-0.3, -0.25) is 0 Å². The van der Waals surface area contributed by atoms with E-state index in [-0.39, 0.29) is 13.2 Å². The minimum absolute atomic E-state index is 0.125. The third-order valence-corrected chi connectivity index (χ3v) is 10.5. The monoisotopic (exact) mass is 901 g/mol. The molecule has 0 aromatic heterocycles. The second-order valence-corrected chi connectivity index (χ2v) is 16.9. The van der Waals surface area contributed by atoms with Gasteiger partial charge in [0.1, 0.15) is 6.61 Å². The normalized spacial score (nSPS) is 10.9. The fourth-order valence-corrected chi connectivity index (χ4v) is 6.55. The van der Waals surface area contributed by atoms with Crippen LogP contribution in [0, 0.1) is 0 Å². The highest BCUT2D eigenvalue weighted by atomic mass is 16.4. The van der Waals surface area contributed by atoms with Crippen LogP contribution in [0.3, 0.4) is 0 Å². The van der Waals surface area contributed by atoms with Gasteiger partial charge >= 0.3 is 5.97 Å².